The Kier molecular flexibility index (Phi) is 4.03. The Morgan fingerprint density at radius 3 is 1.50 bits per heavy atom. The lowest BCUT2D eigenvalue weighted by atomic mass is 9.81. The first-order valence-corrected chi connectivity index (χ1v) is 7.17. The van der Waals surface area contributed by atoms with E-state index in [0.29, 0.717) is 27.8 Å². The monoisotopic (exact) mass is 312 g/mol. The van der Waals surface area contributed by atoms with Crippen molar-refractivity contribution in [3.05, 3.63) is 95.1 Å². The van der Waals surface area contributed by atoms with E-state index in [2.05, 4.69) is 22.1 Å². The van der Waals surface area contributed by atoms with Crippen molar-refractivity contribution < 1.29 is 5.11 Å². The fourth-order valence-electron chi connectivity index (χ4n) is 2.56. The van der Waals surface area contributed by atoms with Crippen molar-refractivity contribution >= 4 is 0 Å². The highest BCUT2D eigenvalue weighted by Crippen LogP contribution is 2.36. The van der Waals surface area contributed by atoms with Crippen molar-refractivity contribution in [3.63, 3.8) is 0 Å². The Labute approximate surface area is 139 Å². The van der Waals surface area contributed by atoms with Gasteiger partial charge in [-0.3, -0.25) is 0 Å². The molecule has 0 bridgehead atoms. The van der Waals surface area contributed by atoms with E-state index in [4.69, 9.17) is 10.5 Å². The van der Waals surface area contributed by atoms with Crippen LogP contribution < -0.4 is 0 Å². The van der Waals surface area contributed by atoms with Gasteiger partial charge in [-0.1, -0.05) is 24.3 Å². The molecule has 0 fully saturated rings. The fourth-order valence-corrected chi connectivity index (χ4v) is 2.56. The number of nitrogens with zero attached hydrogens (tertiary/aromatic N) is 4. The molecule has 5 nitrogen and oxygen atoms in total. The van der Waals surface area contributed by atoms with E-state index in [9.17, 15) is 5.11 Å². The van der Waals surface area contributed by atoms with Gasteiger partial charge in [0.25, 0.3) is 0 Å². The van der Waals surface area contributed by atoms with Gasteiger partial charge in [0.2, 0.25) is 0 Å². The molecule has 5 heteroatoms. The average Bonchev–Trinajstić information content (AvgIpc) is 2.68. The minimum Gasteiger partial charge on any atom is -0.376 e. The minimum atomic E-state index is -1.48. The zero-order valence-electron chi connectivity index (χ0n) is 12.6. The first-order valence-electron chi connectivity index (χ1n) is 7.17. The van der Waals surface area contributed by atoms with Crippen LogP contribution in [0.5, 0.6) is 0 Å². The maximum Gasteiger partial charge on any atom is 0.143 e. The summed E-state index contributed by atoms with van der Waals surface area (Å²) in [5.74, 6) is 0. The Bertz CT molecular complexity index is 863. The van der Waals surface area contributed by atoms with E-state index in [1.807, 2.05) is 0 Å². The second-order valence-electron chi connectivity index (χ2n) is 5.22. The maximum absolute atomic E-state index is 11.5. The van der Waals surface area contributed by atoms with Crippen LogP contribution in [0.4, 0.5) is 0 Å². The molecule has 1 N–H and O–H groups in total. The zero-order valence-corrected chi connectivity index (χ0v) is 12.6. The third kappa shape index (κ3) is 2.61. The molecule has 2 aromatic carbocycles. The van der Waals surface area contributed by atoms with Gasteiger partial charge < -0.3 is 5.11 Å². The standard InChI is InChI=1S/C19H12N4O/c20-9-14-1-5-16(6-2-14)19(24,18-11-22-13-23-12-18)17-7-3-15(10-21)4-8-17/h1-8,11-13,24H. The van der Waals surface area contributed by atoms with Crippen LogP contribution in [-0.4, -0.2) is 15.1 Å². The number of hydrogen-bond donors (Lipinski definition) is 1. The second kappa shape index (κ2) is 6.29. The summed E-state index contributed by atoms with van der Waals surface area (Å²) >= 11 is 0. The predicted molar refractivity (Wildman–Crippen MR) is 86.4 cm³/mol. The minimum absolute atomic E-state index is 0.499. The third-order valence-corrected chi connectivity index (χ3v) is 3.84. The maximum atomic E-state index is 11.5. The molecule has 0 atom stereocenters. The Balaban J connectivity index is 2.20. The highest BCUT2D eigenvalue weighted by atomic mass is 16.3. The first kappa shape index (κ1) is 15.4. The van der Waals surface area contributed by atoms with E-state index >= 15 is 0 Å². The predicted octanol–water partition coefficient (Wildman–Crippen LogP) is 2.50. The van der Waals surface area contributed by atoms with Crippen LogP contribution in [0.2, 0.25) is 0 Å². The van der Waals surface area contributed by atoms with Gasteiger partial charge in [-0.05, 0) is 35.4 Å². The summed E-state index contributed by atoms with van der Waals surface area (Å²) in [5.41, 5.74) is 1.19. The molecule has 24 heavy (non-hydrogen) atoms. The van der Waals surface area contributed by atoms with Crippen molar-refractivity contribution in [1.29, 1.82) is 10.5 Å². The highest BCUT2D eigenvalue weighted by Gasteiger charge is 2.34. The van der Waals surface area contributed by atoms with Gasteiger partial charge in [-0.25, -0.2) is 9.97 Å². The molecule has 0 aliphatic heterocycles. The molecule has 0 radical (unpaired) electrons. The molecule has 1 heterocycles. The molecule has 0 saturated heterocycles. The largest absolute Gasteiger partial charge is 0.376 e. The summed E-state index contributed by atoms with van der Waals surface area (Å²) in [6.07, 6.45) is 4.48. The smallest absolute Gasteiger partial charge is 0.143 e. The SMILES string of the molecule is N#Cc1ccc(C(O)(c2ccc(C#N)cc2)c2cncnc2)cc1. The van der Waals surface area contributed by atoms with Crippen molar-refractivity contribution in [2.24, 2.45) is 0 Å². The van der Waals surface area contributed by atoms with Gasteiger partial charge in [0.15, 0.2) is 0 Å². The summed E-state index contributed by atoms with van der Waals surface area (Å²) in [4.78, 5) is 7.99. The van der Waals surface area contributed by atoms with Crippen LogP contribution >= 0.6 is 0 Å². The molecule has 0 spiro atoms. The summed E-state index contributed by atoms with van der Waals surface area (Å²) in [6, 6.07) is 17.5. The first-order chi connectivity index (χ1) is 11.7. The Morgan fingerprint density at radius 2 is 1.12 bits per heavy atom. The summed E-state index contributed by atoms with van der Waals surface area (Å²) in [7, 11) is 0. The topological polar surface area (TPSA) is 93.6 Å². The summed E-state index contributed by atoms with van der Waals surface area (Å²) in [5, 5.41) is 29.4. The molecule has 0 aliphatic carbocycles. The molecule has 114 valence electrons. The summed E-state index contributed by atoms with van der Waals surface area (Å²) in [6.45, 7) is 0. The van der Waals surface area contributed by atoms with Gasteiger partial charge in [-0.2, -0.15) is 10.5 Å². The number of aliphatic hydroxyl groups is 1. The van der Waals surface area contributed by atoms with Crippen molar-refractivity contribution in [2.75, 3.05) is 0 Å². The van der Waals surface area contributed by atoms with Gasteiger partial charge in [-0.15, -0.1) is 0 Å². The Morgan fingerprint density at radius 1 is 0.708 bits per heavy atom. The van der Waals surface area contributed by atoms with Crippen molar-refractivity contribution in [1.82, 2.24) is 9.97 Å². The molecule has 3 rings (SSSR count). The quantitative estimate of drug-likeness (QED) is 0.802. The van der Waals surface area contributed by atoms with E-state index in [-0.39, 0.29) is 0 Å². The van der Waals surface area contributed by atoms with E-state index in [1.54, 1.807) is 60.9 Å². The lowest BCUT2D eigenvalue weighted by Gasteiger charge is -2.29. The van der Waals surface area contributed by atoms with Crippen LogP contribution in [0.15, 0.2) is 67.3 Å². The van der Waals surface area contributed by atoms with Gasteiger partial charge in [0.1, 0.15) is 11.9 Å². The van der Waals surface area contributed by atoms with Crippen LogP contribution in [0.3, 0.4) is 0 Å². The van der Waals surface area contributed by atoms with Gasteiger partial charge >= 0.3 is 0 Å². The number of aromatic nitrogens is 2. The molecule has 3 aromatic rings. The second-order valence-corrected chi connectivity index (χ2v) is 5.22. The van der Waals surface area contributed by atoms with Crippen molar-refractivity contribution in [3.8, 4) is 12.1 Å². The molecular weight excluding hydrogens is 300 g/mol. The zero-order chi connectivity index (χ0) is 17.0. The van der Waals surface area contributed by atoms with Crippen LogP contribution in [0, 0.1) is 22.7 Å². The normalized spacial score (nSPS) is 10.6. The molecule has 0 aliphatic rings. The summed E-state index contributed by atoms with van der Waals surface area (Å²) < 4.78 is 0. The van der Waals surface area contributed by atoms with E-state index in [1.165, 1.54) is 6.33 Å². The van der Waals surface area contributed by atoms with Crippen LogP contribution in [0.1, 0.15) is 27.8 Å². The number of nitriles is 2. The van der Waals surface area contributed by atoms with Crippen molar-refractivity contribution in [2.45, 2.75) is 5.60 Å². The van der Waals surface area contributed by atoms with Gasteiger partial charge in [0.05, 0.1) is 23.3 Å². The number of hydrogen-bond acceptors (Lipinski definition) is 5. The van der Waals surface area contributed by atoms with E-state index in [0.717, 1.165) is 0 Å². The molecule has 0 amide bonds. The molecular formula is C19H12N4O. The number of rotatable bonds is 3. The highest BCUT2D eigenvalue weighted by molar-refractivity contribution is 5.48. The van der Waals surface area contributed by atoms with E-state index < -0.39 is 5.60 Å². The fraction of sp³-hybridized carbons (Fsp3) is 0.0526. The van der Waals surface area contributed by atoms with Crippen LogP contribution in [0.25, 0.3) is 0 Å². The molecule has 0 saturated carbocycles. The van der Waals surface area contributed by atoms with Crippen LogP contribution in [-0.2, 0) is 5.60 Å². The lowest BCUT2D eigenvalue weighted by Crippen LogP contribution is -2.29. The molecule has 0 unspecified atom stereocenters. The molecule has 1 aromatic heterocycles. The Hall–Kier alpha value is -3.54. The number of benzene rings is 2. The lowest BCUT2D eigenvalue weighted by molar-refractivity contribution is 0.125. The third-order valence-electron chi connectivity index (χ3n) is 3.84. The average molecular weight is 312 g/mol. The van der Waals surface area contributed by atoms with Gasteiger partial charge in [0, 0.05) is 18.0 Å².